The van der Waals surface area contributed by atoms with E-state index in [-0.39, 0.29) is 5.91 Å². The zero-order valence-electron chi connectivity index (χ0n) is 20.5. The van der Waals surface area contributed by atoms with Crippen molar-refractivity contribution < 1.29 is 14.3 Å². The highest BCUT2D eigenvalue weighted by Gasteiger charge is 2.32. The van der Waals surface area contributed by atoms with Gasteiger partial charge in [-0.2, -0.15) is 0 Å². The molecule has 4 aromatic rings. The number of thioether (sulfide) groups is 1. The molecule has 1 fully saturated rings. The monoisotopic (exact) mass is 528 g/mol. The van der Waals surface area contributed by atoms with E-state index in [9.17, 15) is 4.79 Å². The van der Waals surface area contributed by atoms with Gasteiger partial charge in [0.2, 0.25) is 0 Å². The summed E-state index contributed by atoms with van der Waals surface area (Å²) in [4.78, 5) is 20.4. The molecule has 0 radical (unpaired) electrons. The fourth-order valence-corrected chi connectivity index (χ4v) is 5.23. The zero-order valence-corrected chi connectivity index (χ0v) is 22.1. The van der Waals surface area contributed by atoms with E-state index in [1.807, 2.05) is 91.9 Å². The lowest BCUT2D eigenvalue weighted by atomic mass is 10.0. The molecule has 7 heteroatoms. The highest BCUT2D eigenvalue weighted by Crippen LogP contribution is 2.38. The smallest absolute Gasteiger partial charge is 0.266 e. The van der Waals surface area contributed by atoms with Crippen molar-refractivity contribution in [3.63, 3.8) is 0 Å². The average molecular weight is 529 g/mol. The number of nitrogens with zero attached hydrogens (tertiary/aromatic N) is 2. The van der Waals surface area contributed by atoms with E-state index in [1.54, 1.807) is 12.0 Å². The zero-order chi connectivity index (χ0) is 25.8. The van der Waals surface area contributed by atoms with E-state index in [4.69, 9.17) is 26.1 Å². The van der Waals surface area contributed by atoms with Crippen molar-refractivity contribution in [3.8, 4) is 11.5 Å². The van der Waals surface area contributed by atoms with Gasteiger partial charge in [0, 0.05) is 17.1 Å². The SMILES string of the molecule is CCN1C(=O)/C(=C\c2c(OCc3ccc(Cl)cc3)ccc3ccccc23)SC1=Nc1ccc(OC)cc1. The van der Waals surface area contributed by atoms with Crippen LogP contribution >= 0.6 is 23.4 Å². The molecule has 4 aromatic carbocycles. The average Bonchev–Trinajstić information content (AvgIpc) is 3.22. The Balaban J connectivity index is 1.51. The molecule has 0 unspecified atom stereocenters. The van der Waals surface area contributed by atoms with E-state index in [2.05, 4.69) is 6.07 Å². The van der Waals surface area contributed by atoms with Gasteiger partial charge in [0.1, 0.15) is 18.1 Å². The van der Waals surface area contributed by atoms with Crippen LogP contribution in [0.15, 0.2) is 94.8 Å². The number of hydrogen-bond acceptors (Lipinski definition) is 5. The van der Waals surface area contributed by atoms with Gasteiger partial charge in [-0.05, 0) is 83.6 Å². The molecule has 0 atom stereocenters. The Hall–Kier alpha value is -3.74. The van der Waals surface area contributed by atoms with Crippen molar-refractivity contribution in [2.24, 2.45) is 4.99 Å². The minimum Gasteiger partial charge on any atom is -0.497 e. The van der Waals surface area contributed by atoms with Gasteiger partial charge in [-0.25, -0.2) is 4.99 Å². The van der Waals surface area contributed by atoms with Crippen LogP contribution in [-0.2, 0) is 11.4 Å². The summed E-state index contributed by atoms with van der Waals surface area (Å²) in [5.41, 5.74) is 2.63. The normalized spacial score (nSPS) is 15.6. The van der Waals surface area contributed by atoms with Gasteiger partial charge in [-0.15, -0.1) is 0 Å². The Labute approximate surface area is 225 Å². The van der Waals surface area contributed by atoms with Gasteiger partial charge in [-0.3, -0.25) is 9.69 Å². The van der Waals surface area contributed by atoms with Crippen LogP contribution in [0.3, 0.4) is 0 Å². The van der Waals surface area contributed by atoms with Crippen LogP contribution in [-0.4, -0.2) is 29.6 Å². The molecular weight excluding hydrogens is 504 g/mol. The summed E-state index contributed by atoms with van der Waals surface area (Å²) in [6.45, 7) is 2.86. The van der Waals surface area contributed by atoms with E-state index < -0.39 is 0 Å². The summed E-state index contributed by atoms with van der Waals surface area (Å²) in [5, 5.41) is 3.42. The summed E-state index contributed by atoms with van der Waals surface area (Å²) in [7, 11) is 1.63. The van der Waals surface area contributed by atoms with Gasteiger partial charge >= 0.3 is 0 Å². The number of carbonyl (C=O) groups is 1. The lowest BCUT2D eigenvalue weighted by molar-refractivity contribution is -0.122. The van der Waals surface area contributed by atoms with Crippen LogP contribution in [0.5, 0.6) is 11.5 Å². The Morgan fingerprint density at radius 1 is 0.973 bits per heavy atom. The molecule has 1 heterocycles. The van der Waals surface area contributed by atoms with Crippen LogP contribution in [0.4, 0.5) is 5.69 Å². The highest BCUT2D eigenvalue weighted by molar-refractivity contribution is 8.18. The van der Waals surface area contributed by atoms with E-state index in [0.717, 1.165) is 33.3 Å². The third-order valence-electron chi connectivity index (χ3n) is 6.02. The van der Waals surface area contributed by atoms with Crippen molar-refractivity contribution in [2.75, 3.05) is 13.7 Å². The number of hydrogen-bond donors (Lipinski definition) is 0. The van der Waals surface area contributed by atoms with Crippen molar-refractivity contribution in [2.45, 2.75) is 13.5 Å². The molecule has 1 aliphatic rings. The van der Waals surface area contributed by atoms with Crippen molar-refractivity contribution in [3.05, 3.63) is 106 Å². The first-order valence-electron chi connectivity index (χ1n) is 11.9. The summed E-state index contributed by atoms with van der Waals surface area (Å²) in [6, 6.07) is 27.1. The number of carbonyl (C=O) groups excluding carboxylic acids is 1. The minimum absolute atomic E-state index is 0.0728. The molecule has 1 amide bonds. The summed E-state index contributed by atoms with van der Waals surface area (Å²) in [6.07, 6.45) is 1.92. The first-order chi connectivity index (χ1) is 18.1. The van der Waals surface area contributed by atoms with Crippen molar-refractivity contribution >= 4 is 57.0 Å². The summed E-state index contributed by atoms with van der Waals surface area (Å²) < 4.78 is 11.5. The van der Waals surface area contributed by atoms with Crippen LogP contribution in [0.2, 0.25) is 5.02 Å². The van der Waals surface area contributed by atoms with Gasteiger partial charge in [0.15, 0.2) is 5.17 Å². The first kappa shape index (κ1) is 24.9. The maximum Gasteiger partial charge on any atom is 0.266 e. The first-order valence-corrected chi connectivity index (χ1v) is 13.1. The molecule has 0 aliphatic carbocycles. The van der Waals surface area contributed by atoms with Crippen LogP contribution in [0.25, 0.3) is 16.8 Å². The van der Waals surface area contributed by atoms with Gasteiger partial charge < -0.3 is 9.47 Å². The molecule has 1 saturated heterocycles. The standard InChI is InChI=1S/C30H25ClN2O3S/c1-3-33-29(34)28(37-30(33)32-23-13-15-24(35-2)16-14-23)18-26-25-7-5-4-6-21(25)10-17-27(26)36-19-20-8-11-22(31)12-9-20/h4-18H,3,19H2,1-2H3/b28-18+,32-30?. The molecule has 0 spiro atoms. The Bertz CT molecular complexity index is 1500. The number of ether oxygens (including phenoxy) is 2. The van der Waals surface area contributed by atoms with E-state index in [0.29, 0.717) is 34.0 Å². The Morgan fingerprint density at radius 3 is 2.46 bits per heavy atom. The number of methoxy groups -OCH3 is 1. The molecule has 0 bridgehead atoms. The topological polar surface area (TPSA) is 51.1 Å². The molecule has 0 aromatic heterocycles. The molecule has 37 heavy (non-hydrogen) atoms. The molecule has 186 valence electrons. The largest absolute Gasteiger partial charge is 0.497 e. The highest BCUT2D eigenvalue weighted by atomic mass is 35.5. The number of benzene rings is 4. The third kappa shape index (κ3) is 5.50. The number of rotatable bonds is 7. The maximum atomic E-state index is 13.4. The third-order valence-corrected chi connectivity index (χ3v) is 7.27. The van der Waals surface area contributed by atoms with Gasteiger partial charge in [0.25, 0.3) is 5.91 Å². The molecule has 5 nitrogen and oxygen atoms in total. The predicted octanol–water partition coefficient (Wildman–Crippen LogP) is 7.70. The van der Waals surface area contributed by atoms with Crippen LogP contribution in [0, 0.1) is 0 Å². The Morgan fingerprint density at radius 2 is 1.73 bits per heavy atom. The second-order valence-corrected chi connectivity index (χ2v) is 9.81. The number of amides is 1. The number of fused-ring (bicyclic) bond motifs is 1. The quantitative estimate of drug-likeness (QED) is 0.230. The second-order valence-electron chi connectivity index (χ2n) is 8.37. The number of likely N-dealkylation sites (N-methyl/N-ethyl adjacent to an activating group) is 1. The molecule has 0 N–H and O–H groups in total. The molecular formula is C30H25ClN2O3S. The fraction of sp³-hybridized carbons (Fsp3) is 0.133. The molecule has 1 aliphatic heterocycles. The fourth-order valence-electron chi connectivity index (χ4n) is 4.06. The molecule has 0 saturated carbocycles. The van der Waals surface area contributed by atoms with Gasteiger partial charge in [-0.1, -0.05) is 54.1 Å². The van der Waals surface area contributed by atoms with E-state index in [1.165, 1.54) is 11.8 Å². The maximum absolute atomic E-state index is 13.4. The minimum atomic E-state index is -0.0728. The predicted molar refractivity (Wildman–Crippen MR) is 153 cm³/mol. The number of halogens is 1. The summed E-state index contributed by atoms with van der Waals surface area (Å²) in [5.74, 6) is 1.39. The van der Waals surface area contributed by atoms with Crippen LogP contribution < -0.4 is 9.47 Å². The summed E-state index contributed by atoms with van der Waals surface area (Å²) >= 11 is 7.40. The number of amidine groups is 1. The lowest BCUT2D eigenvalue weighted by Crippen LogP contribution is -2.28. The Kier molecular flexibility index (Phi) is 7.49. The lowest BCUT2D eigenvalue weighted by Gasteiger charge is -2.13. The van der Waals surface area contributed by atoms with Crippen LogP contribution in [0.1, 0.15) is 18.1 Å². The van der Waals surface area contributed by atoms with Crippen molar-refractivity contribution in [1.29, 1.82) is 0 Å². The van der Waals surface area contributed by atoms with E-state index >= 15 is 0 Å². The molecule has 5 rings (SSSR count). The second kappa shape index (κ2) is 11.1. The van der Waals surface area contributed by atoms with Crippen molar-refractivity contribution in [1.82, 2.24) is 4.90 Å². The number of aliphatic imine (C=N–C) groups is 1. The van der Waals surface area contributed by atoms with Gasteiger partial charge in [0.05, 0.1) is 17.7 Å².